The van der Waals surface area contributed by atoms with Gasteiger partial charge in [0.15, 0.2) is 0 Å². The van der Waals surface area contributed by atoms with Crippen molar-refractivity contribution in [3.05, 3.63) is 0 Å². The van der Waals surface area contributed by atoms with Gasteiger partial charge in [0.05, 0.1) is 5.41 Å². The van der Waals surface area contributed by atoms with E-state index in [2.05, 4.69) is 11.6 Å². The third kappa shape index (κ3) is 4.51. The van der Waals surface area contributed by atoms with Gasteiger partial charge in [-0.3, -0.25) is 4.79 Å². The van der Waals surface area contributed by atoms with Crippen LogP contribution in [-0.4, -0.2) is 31.0 Å². The van der Waals surface area contributed by atoms with Gasteiger partial charge in [0.1, 0.15) is 0 Å². The zero-order valence-corrected chi connectivity index (χ0v) is 11.8. The second kappa shape index (κ2) is 7.98. The molecule has 0 aromatic carbocycles. The van der Waals surface area contributed by atoms with E-state index in [0.29, 0.717) is 6.54 Å². The van der Waals surface area contributed by atoms with E-state index in [0.717, 1.165) is 38.6 Å². The number of hydrogen-bond donors (Lipinski definition) is 2. The van der Waals surface area contributed by atoms with Crippen LogP contribution in [0.3, 0.4) is 0 Å². The lowest BCUT2D eigenvalue weighted by molar-refractivity contribution is -0.132. The van der Waals surface area contributed by atoms with Gasteiger partial charge >= 0.3 is 0 Å². The fourth-order valence-corrected chi connectivity index (χ4v) is 3.01. The zero-order valence-electron chi connectivity index (χ0n) is 11.0. The highest BCUT2D eigenvalue weighted by atomic mass is 32.2. The highest BCUT2D eigenvalue weighted by Gasteiger charge is 2.37. The summed E-state index contributed by atoms with van der Waals surface area (Å²) in [5.74, 6) is 1.38. The van der Waals surface area contributed by atoms with Crippen molar-refractivity contribution >= 4 is 17.7 Å². The van der Waals surface area contributed by atoms with Crippen molar-refractivity contribution < 1.29 is 4.79 Å². The molecule has 0 aromatic rings. The van der Waals surface area contributed by atoms with Gasteiger partial charge < -0.3 is 11.1 Å². The summed E-state index contributed by atoms with van der Waals surface area (Å²) in [4.78, 5) is 12.2. The Morgan fingerprint density at radius 1 is 1.29 bits per heavy atom. The Bertz CT molecular complexity index is 227. The number of hydrogen-bond acceptors (Lipinski definition) is 3. The van der Waals surface area contributed by atoms with Gasteiger partial charge in [-0.1, -0.05) is 19.3 Å². The average molecular weight is 258 g/mol. The minimum atomic E-state index is -0.252. The van der Waals surface area contributed by atoms with E-state index in [1.165, 1.54) is 18.6 Å². The second-order valence-electron chi connectivity index (χ2n) is 5.00. The molecule has 0 atom stereocenters. The molecule has 1 aliphatic carbocycles. The molecule has 1 saturated carbocycles. The van der Waals surface area contributed by atoms with Gasteiger partial charge in [0.25, 0.3) is 0 Å². The van der Waals surface area contributed by atoms with Crippen LogP contribution in [0.15, 0.2) is 0 Å². The Morgan fingerprint density at radius 2 is 2.00 bits per heavy atom. The summed E-state index contributed by atoms with van der Waals surface area (Å²) < 4.78 is 0. The van der Waals surface area contributed by atoms with Crippen LogP contribution in [0.2, 0.25) is 0 Å². The lowest BCUT2D eigenvalue weighted by Crippen LogP contribution is -2.47. The molecule has 0 saturated heterocycles. The number of thioether (sulfide) groups is 1. The van der Waals surface area contributed by atoms with Gasteiger partial charge in [-0.15, -0.1) is 0 Å². The van der Waals surface area contributed by atoms with Crippen molar-refractivity contribution in [3.63, 3.8) is 0 Å². The Balaban J connectivity index is 2.28. The van der Waals surface area contributed by atoms with Crippen LogP contribution in [-0.2, 0) is 4.79 Å². The Hall–Kier alpha value is -0.220. The lowest BCUT2D eigenvalue weighted by Gasteiger charge is -2.34. The highest BCUT2D eigenvalue weighted by Crippen LogP contribution is 2.35. The molecule has 0 spiro atoms. The van der Waals surface area contributed by atoms with E-state index in [9.17, 15) is 4.79 Å². The monoisotopic (exact) mass is 258 g/mol. The third-order valence-corrected chi connectivity index (χ3v) is 4.44. The standard InChI is InChI=1S/C13H26N2OS/c1-17-10-6-5-9-15-12(16)13(11-14)7-3-2-4-8-13/h2-11,14H2,1H3,(H,15,16). The molecular formula is C13H26N2OS. The molecule has 100 valence electrons. The molecule has 4 heteroatoms. The number of rotatable bonds is 7. The summed E-state index contributed by atoms with van der Waals surface area (Å²) in [5, 5.41) is 3.07. The highest BCUT2D eigenvalue weighted by molar-refractivity contribution is 7.98. The van der Waals surface area contributed by atoms with E-state index in [-0.39, 0.29) is 11.3 Å². The van der Waals surface area contributed by atoms with E-state index in [4.69, 9.17) is 5.73 Å². The first kappa shape index (κ1) is 14.8. The van der Waals surface area contributed by atoms with Gasteiger partial charge in [-0.05, 0) is 37.7 Å². The molecule has 1 aliphatic rings. The number of amides is 1. The molecule has 0 radical (unpaired) electrons. The predicted molar refractivity (Wildman–Crippen MR) is 75.2 cm³/mol. The van der Waals surface area contributed by atoms with E-state index in [1.54, 1.807) is 0 Å². The van der Waals surface area contributed by atoms with E-state index in [1.807, 2.05) is 11.8 Å². The number of nitrogens with one attached hydrogen (secondary N) is 1. The van der Waals surface area contributed by atoms with Crippen LogP contribution in [0.4, 0.5) is 0 Å². The summed E-state index contributed by atoms with van der Waals surface area (Å²) in [6.07, 6.45) is 9.87. The maximum Gasteiger partial charge on any atom is 0.227 e. The maximum absolute atomic E-state index is 12.2. The largest absolute Gasteiger partial charge is 0.356 e. The third-order valence-electron chi connectivity index (χ3n) is 3.74. The zero-order chi connectivity index (χ0) is 12.6. The predicted octanol–water partition coefficient (Wildman–Crippen LogP) is 2.16. The van der Waals surface area contributed by atoms with Crippen LogP contribution in [0, 0.1) is 5.41 Å². The quantitative estimate of drug-likeness (QED) is 0.688. The summed E-state index contributed by atoms with van der Waals surface area (Å²) in [5.41, 5.74) is 5.57. The Kier molecular flexibility index (Phi) is 6.97. The van der Waals surface area contributed by atoms with Gasteiger partial charge in [0.2, 0.25) is 5.91 Å². The van der Waals surface area contributed by atoms with Crippen LogP contribution in [0.1, 0.15) is 44.9 Å². The number of carbonyl (C=O) groups excluding carboxylic acids is 1. The summed E-state index contributed by atoms with van der Waals surface area (Å²) in [6.45, 7) is 1.31. The minimum Gasteiger partial charge on any atom is -0.356 e. The molecule has 0 bridgehead atoms. The van der Waals surface area contributed by atoms with Crippen LogP contribution < -0.4 is 11.1 Å². The molecular weight excluding hydrogens is 232 g/mol. The maximum atomic E-state index is 12.2. The fraction of sp³-hybridized carbons (Fsp3) is 0.923. The summed E-state index contributed by atoms with van der Waals surface area (Å²) in [7, 11) is 0. The number of carbonyl (C=O) groups is 1. The van der Waals surface area contributed by atoms with Crippen molar-refractivity contribution in [2.45, 2.75) is 44.9 Å². The normalized spacial score (nSPS) is 18.9. The Labute approximate surface area is 109 Å². The topological polar surface area (TPSA) is 55.1 Å². The molecule has 1 fully saturated rings. The molecule has 1 rings (SSSR count). The van der Waals surface area contributed by atoms with Crippen LogP contribution >= 0.6 is 11.8 Å². The van der Waals surface area contributed by atoms with Gasteiger partial charge in [0, 0.05) is 13.1 Å². The lowest BCUT2D eigenvalue weighted by atomic mass is 9.73. The minimum absolute atomic E-state index is 0.198. The van der Waals surface area contributed by atoms with Crippen LogP contribution in [0.5, 0.6) is 0 Å². The molecule has 17 heavy (non-hydrogen) atoms. The SMILES string of the molecule is CSCCCCNC(=O)C1(CN)CCCCC1. The second-order valence-corrected chi connectivity index (χ2v) is 5.99. The molecule has 0 heterocycles. The van der Waals surface area contributed by atoms with Gasteiger partial charge in [-0.25, -0.2) is 0 Å². The average Bonchev–Trinajstić information content (AvgIpc) is 2.39. The molecule has 3 N–H and O–H groups in total. The molecule has 0 unspecified atom stereocenters. The van der Waals surface area contributed by atoms with Crippen molar-refractivity contribution in [3.8, 4) is 0 Å². The van der Waals surface area contributed by atoms with Gasteiger partial charge in [-0.2, -0.15) is 11.8 Å². The van der Waals surface area contributed by atoms with E-state index >= 15 is 0 Å². The summed E-state index contributed by atoms with van der Waals surface area (Å²) >= 11 is 1.86. The summed E-state index contributed by atoms with van der Waals surface area (Å²) in [6, 6.07) is 0. The molecule has 3 nitrogen and oxygen atoms in total. The van der Waals surface area contributed by atoms with E-state index < -0.39 is 0 Å². The van der Waals surface area contributed by atoms with Crippen molar-refractivity contribution in [1.82, 2.24) is 5.32 Å². The van der Waals surface area contributed by atoms with Crippen molar-refractivity contribution in [1.29, 1.82) is 0 Å². The molecule has 0 aromatic heterocycles. The smallest absolute Gasteiger partial charge is 0.227 e. The Morgan fingerprint density at radius 3 is 2.59 bits per heavy atom. The van der Waals surface area contributed by atoms with Crippen LogP contribution in [0.25, 0.3) is 0 Å². The molecule has 1 amide bonds. The fourth-order valence-electron chi connectivity index (χ4n) is 2.51. The van der Waals surface area contributed by atoms with Crippen molar-refractivity contribution in [2.75, 3.05) is 25.1 Å². The first-order valence-electron chi connectivity index (χ1n) is 6.72. The first-order valence-corrected chi connectivity index (χ1v) is 8.12. The molecule has 0 aliphatic heterocycles. The first-order chi connectivity index (χ1) is 8.25. The number of unbranched alkanes of at least 4 members (excludes halogenated alkanes) is 1. The van der Waals surface area contributed by atoms with Crippen molar-refractivity contribution in [2.24, 2.45) is 11.1 Å². The number of nitrogens with two attached hydrogens (primary N) is 1.